The molecule has 2 N–H and O–H groups in total. The number of hydrogen-bond acceptors (Lipinski definition) is 4. The van der Waals surface area contributed by atoms with Crippen molar-refractivity contribution in [2.75, 3.05) is 26.2 Å². The fourth-order valence-corrected chi connectivity index (χ4v) is 3.49. The number of likely N-dealkylation sites (tertiary alicyclic amines) is 1. The van der Waals surface area contributed by atoms with Crippen LogP contribution in [0.3, 0.4) is 0 Å². The van der Waals surface area contributed by atoms with Crippen LogP contribution in [0, 0.1) is 6.92 Å². The van der Waals surface area contributed by atoms with Crippen LogP contribution in [0.15, 0.2) is 16.5 Å². The van der Waals surface area contributed by atoms with Gasteiger partial charge in [-0.15, -0.1) is 24.8 Å². The molecule has 24 heavy (non-hydrogen) atoms. The molecule has 1 amide bonds. The lowest BCUT2D eigenvalue weighted by Crippen LogP contribution is -2.48. The highest BCUT2D eigenvalue weighted by molar-refractivity contribution is 5.85. The summed E-state index contributed by atoms with van der Waals surface area (Å²) in [4.78, 5) is 14.8. The van der Waals surface area contributed by atoms with Crippen molar-refractivity contribution in [2.45, 2.75) is 51.1 Å². The largest absolute Gasteiger partial charge is 0.465 e. The molecule has 1 aromatic rings. The van der Waals surface area contributed by atoms with Gasteiger partial charge in [-0.2, -0.15) is 0 Å². The minimum Gasteiger partial charge on any atom is -0.465 e. The number of halogens is 2. The summed E-state index contributed by atoms with van der Waals surface area (Å²) in [5.41, 5.74) is 0. The van der Waals surface area contributed by atoms with Crippen LogP contribution in [-0.2, 0) is 4.79 Å². The van der Waals surface area contributed by atoms with Crippen LogP contribution >= 0.6 is 24.8 Å². The van der Waals surface area contributed by atoms with Crippen molar-refractivity contribution < 1.29 is 9.21 Å². The summed E-state index contributed by atoms with van der Waals surface area (Å²) in [6.45, 7) is 5.72. The molecular weight excluding hydrogens is 349 g/mol. The van der Waals surface area contributed by atoms with Crippen molar-refractivity contribution >= 4 is 30.7 Å². The Labute approximate surface area is 156 Å². The van der Waals surface area contributed by atoms with E-state index in [4.69, 9.17) is 4.42 Å². The van der Waals surface area contributed by atoms with Crippen molar-refractivity contribution in [2.24, 2.45) is 0 Å². The molecule has 0 saturated carbocycles. The highest BCUT2D eigenvalue weighted by atomic mass is 35.5. The summed E-state index contributed by atoms with van der Waals surface area (Å²) in [6.07, 6.45) is 5.71. The van der Waals surface area contributed by atoms with Crippen LogP contribution in [0.25, 0.3) is 0 Å². The van der Waals surface area contributed by atoms with Crippen LogP contribution in [0.4, 0.5) is 0 Å². The van der Waals surface area contributed by atoms with Gasteiger partial charge in [-0.1, -0.05) is 6.42 Å². The number of aryl methyl sites for hydroxylation is 1. The monoisotopic (exact) mass is 377 g/mol. The number of nitrogens with one attached hydrogen (secondary N) is 2. The maximum atomic E-state index is 12.3. The molecule has 2 fully saturated rings. The van der Waals surface area contributed by atoms with Gasteiger partial charge < -0.3 is 15.1 Å². The van der Waals surface area contributed by atoms with E-state index in [1.54, 1.807) is 0 Å². The predicted octanol–water partition coefficient (Wildman–Crippen LogP) is 2.83. The summed E-state index contributed by atoms with van der Waals surface area (Å²) < 4.78 is 5.83. The third kappa shape index (κ3) is 5.38. The number of rotatable bonds is 5. The molecule has 7 heteroatoms. The average Bonchev–Trinajstić information content (AvgIpc) is 3.21. The smallest absolute Gasteiger partial charge is 0.237 e. The van der Waals surface area contributed by atoms with E-state index < -0.39 is 0 Å². The third-order valence-corrected chi connectivity index (χ3v) is 4.77. The zero-order chi connectivity index (χ0) is 15.4. The summed E-state index contributed by atoms with van der Waals surface area (Å²) >= 11 is 0. The molecule has 1 unspecified atom stereocenters. The predicted molar refractivity (Wildman–Crippen MR) is 100 cm³/mol. The lowest BCUT2D eigenvalue weighted by Gasteiger charge is -2.28. The highest BCUT2D eigenvalue weighted by Gasteiger charge is 2.28. The molecular formula is C17H29Cl2N3O2. The number of hydrogen-bond donors (Lipinski definition) is 2. The molecule has 3 rings (SSSR count). The van der Waals surface area contributed by atoms with Crippen LogP contribution in [0.2, 0.25) is 0 Å². The Hall–Kier alpha value is -0.750. The number of furan rings is 1. The molecule has 0 aromatic carbocycles. The molecule has 0 spiro atoms. The van der Waals surface area contributed by atoms with E-state index in [9.17, 15) is 4.79 Å². The van der Waals surface area contributed by atoms with Crippen LogP contribution in [0.5, 0.6) is 0 Å². The van der Waals surface area contributed by atoms with Crippen molar-refractivity contribution in [1.29, 1.82) is 0 Å². The first kappa shape index (κ1) is 21.3. The van der Waals surface area contributed by atoms with E-state index in [-0.39, 0.29) is 42.8 Å². The summed E-state index contributed by atoms with van der Waals surface area (Å²) in [5.74, 6) is 2.03. The zero-order valence-corrected chi connectivity index (χ0v) is 15.9. The number of amides is 1. The molecule has 2 atom stereocenters. The lowest BCUT2D eigenvalue weighted by molar-refractivity contribution is -0.123. The zero-order valence-electron chi connectivity index (χ0n) is 14.3. The number of carbonyl (C=O) groups is 1. The minimum atomic E-state index is -0.0219. The number of piperidine rings is 1. The SMILES string of the molecule is Cc1ccc(C(CNC(=O)[C@H]2CCCCN2)N2CCCC2)o1.Cl.Cl. The van der Waals surface area contributed by atoms with Gasteiger partial charge in [-0.05, 0) is 64.4 Å². The molecule has 2 saturated heterocycles. The Morgan fingerprint density at radius 1 is 1.29 bits per heavy atom. The molecule has 3 heterocycles. The Morgan fingerprint density at radius 3 is 2.62 bits per heavy atom. The average molecular weight is 378 g/mol. The summed E-state index contributed by atoms with van der Waals surface area (Å²) in [7, 11) is 0. The van der Waals surface area contributed by atoms with Gasteiger partial charge in [0.15, 0.2) is 0 Å². The highest BCUT2D eigenvalue weighted by Crippen LogP contribution is 2.26. The molecule has 2 aliphatic rings. The second kappa shape index (κ2) is 10.3. The number of nitrogens with zero attached hydrogens (tertiary/aromatic N) is 1. The summed E-state index contributed by atoms with van der Waals surface area (Å²) in [6, 6.07) is 4.18. The topological polar surface area (TPSA) is 57.5 Å². The first-order chi connectivity index (χ1) is 10.7. The van der Waals surface area contributed by atoms with E-state index in [1.165, 1.54) is 19.3 Å². The Bertz CT molecular complexity index is 498. The van der Waals surface area contributed by atoms with Gasteiger partial charge in [-0.3, -0.25) is 9.69 Å². The van der Waals surface area contributed by atoms with E-state index in [0.29, 0.717) is 6.54 Å². The molecule has 1 aromatic heterocycles. The Morgan fingerprint density at radius 2 is 2.04 bits per heavy atom. The molecule has 5 nitrogen and oxygen atoms in total. The molecule has 2 aliphatic heterocycles. The van der Waals surface area contributed by atoms with Crippen LogP contribution < -0.4 is 10.6 Å². The Kier molecular flexibility index (Phi) is 9.13. The molecule has 0 radical (unpaired) electrons. The van der Waals surface area contributed by atoms with E-state index in [2.05, 4.69) is 15.5 Å². The lowest BCUT2D eigenvalue weighted by atomic mass is 10.0. The van der Waals surface area contributed by atoms with Gasteiger partial charge in [-0.25, -0.2) is 0 Å². The first-order valence-corrected chi connectivity index (χ1v) is 8.55. The van der Waals surface area contributed by atoms with Gasteiger partial charge in [0, 0.05) is 6.54 Å². The van der Waals surface area contributed by atoms with Gasteiger partial charge in [0.2, 0.25) is 5.91 Å². The van der Waals surface area contributed by atoms with E-state index in [0.717, 1.165) is 44.0 Å². The maximum absolute atomic E-state index is 12.3. The van der Waals surface area contributed by atoms with Gasteiger partial charge in [0.25, 0.3) is 0 Å². The Balaban J connectivity index is 0.00000144. The third-order valence-electron chi connectivity index (χ3n) is 4.77. The molecule has 0 bridgehead atoms. The second-order valence-electron chi connectivity index (χ2n) is 6.45. The van der Waals surface area contributed by atoms with Crippen LogP contribution in [-0.4, -0.2) is 43.0 Å². The molecule has 138 valence electrons. The van der Waals surface area contributed by atoms with Crippen molar-refractivity contribution in [3.63, 3.8) is 0 Å². The molecule has 0 aliphatic carbocycles. The number of carbonyl (C=O) groups excluding carboxylic acids is 1. The minimum absolute atomic E-state index is 0. The van der Waals surface area contributed by atoms with Gasteiger partial charge >= 0.3 is 0 Å². The van der Waals surface area contributed by atoms with E-state index >= 15 is 0 Å². The van der Waals surface area contributed by atoms with Gasteiger partial charge in [0.05, 0.1) is 12.1 Å². The first-order valence-electron chi connectivity index (χ1n) is 8.55. The van der Waals surface area contributed by atoms with Crippen molar-refractivity contribution in [3.05, 3.63) is 23.7 Å². The van der Waals surface area contributed by atoms with Crippen molar-refractivity contribution in [3.8, 4) is 0 Å². The van der Waals surface area contributed by atoms with Crippen LogP contribution in [0.1, 0.15) is 49.7 Å². The van der Waals surface area contributed by atoms with Crippen molar-refractivity contribution in [1.82, 2.24) is 15.5 Å². The quantitative estimate of drug-likeness (QED) is 0.827. The second-order valence-corrected chi connectivity index (χ2v) is 6.45. The standard InChI is InChI=1S/C17H27N3O2.2ClH/c1-13-7-8-16(22-13)15(20-10-4-5-11-20)12-19-17(21)14-6-2-3-9-18-14;;/h7-8,14-15,18H,2-6,9-12H2,1H3,(H,19,21);2*1H/t14-,15?;;/m1../s1. The van der Waals surface area contributed by atoms with Gasteiger partial charge in [0.1, 0.15) is 11.5 Å². The fourth-order valence-electron chi connectivity index (χ4n) is 3.49. The fraction of sp³-hybridized carbons (Fsp3) is 0.706. The van der Waals surface area contributed by atoms with E-state index in [1.807, 2.05) is 19.1 Å². The normalized spacial score (nSPS) is 22.3. The summed E-state index contributed by atoms with van der Waals surface area (Å²) in [5, 5.41) is 6.44. The maximum Gasteiger partial charge on any atom is 0.237 e.